The van der Waals surface area contributed by atoms with Crippen LogP contribution in [0.3, 0.4) is 0 Å². The lowest BCUT2D eigenvalue weighted by Gasteiger charge is -2.40. The van der Waals surface area contributed by atoms with Gasteiger partial charge in [-0.3, -0.25) is 14.7 Å². The van der Waals surface area contributed by atoms with E-state index in [-0.39, 0.29) is 5.91 Å². The Hall–Kier alpha value is -3.03. The van der Waals surface area contributed by atoms with Crippen molar-refractivity contribution in [2.45, 2.75) is 27.2 Å². The molecule has 0 unspecified atom stereocenters. The SMILES string of the molecule is C=C(N1CCN(/C(C=N)=C/N=CC(F)F)CC1)N(C)C(=O)c1cc(C)cc(C)c1C. The third kappa shape index (κ3) is 5.52. The fourth-order valence-electron chi connectivity index (χ4n) is 3.39. The molecule has 0 atom stereocenters. The molecule has 8 heteroatoms. The van der Waals surface area contributed by atoms with Gasteiger partial charge in [-0.1, -0.05) is 18.2 Å². The number of nitrogens with one attached hydrogen (secondary N) is 1. The van der Waals surface area contributed by atoms with E-state index < -0.39 is 6.43 Å². The Kier molecular flexibility index (Phi) is 7.86. The van der Waals surface area contributed by atoms with E-state index in [9.17, 15) is 13.6 Å². The maximum Gasteiger partial charge on any atom is 0.273 e. The van der Waals surface area contributed by atoms with Crippen molar-refractivity contribution in [3.63, 3.8) is 0 Å². The van der Waals surface area contributed by atoms with Crippen molar-refractivity contribution < 1.29 is 13.6 Å². The highest BCUT2D eigenvalue weighted by Crippen LogP contribution is 2.21. The predicted molar refractivity (Wildman–Crippen MR) is 116 cm³/mol. The van der Waals surface area contributed by atoms with Crippen molar-refractivity contribution in [3.8, 4) is 0 Å². The van der Waals surface area contributed by atoms with E-state index in [1.165, 1.54) is 6.20 Å². The number of aryl methyl sites for hydroxylation is 2. The van der Waals surface area contributed by atoms with Crippen molar-refractivity contribution in [2.75, 3.05) is 33.2 Å². The van der Waals surface area contributed by atoms with E-state index in [4.69, 9.17) is 5.41 Å². The summed E-state index contributed by atoms with van der Waals surface area (Å²) in [6.45, 7) is 12.3. The lowest BCUT2D eigenvalue weighted by Crippen LogP contribution is -2.48. The minimum atomic E-state index is -2.62. The highest BCUT2D eigenvalue weighted by molar-refractivity contribution is 5.97. The van der Waals surface area contributed by atoms with Crippen molar-refractivity contribution >= 4 is 18.3 Å². The van der Waals surface area contributed by atoms with E-state index in [1.54, 1.807) is 11.9 Å². The molecule has 0 bridgehead atoms. The van der Waals surface area contributed by atoms with Gasteiger partial charge in [-0.25, -0.2) is 8.78 Å². The van der Waals surface area contributed by atoms with Crippen LogP contribution in [0.15, 0.2) is 41.4 Å². The second-order valence-electron chi connectivity index (χ2n) is 7.34. The van der Waals surface area contributed by atoms with Gasteiger partial charge in [0, 0.05) is 45.0 Å². The molecule has 1 aromatic carbocycles. The number of rotatable bonds is 7. The second-order valence-corrected chi connectivity index (χ2v) is 7.34. The van der Waals surface area contributed by atoms with E-state index in [1.807, 2.05) is 36.6 Å². The van der Waals surface area contributed by atoms with Gasteiger partial charge >= 0.3 is 0 Å². The molecule has 1 heterocycles. The number of benzene rings is 1. The summed E-state index contributed by atoms with van der Waals surface area (Å²) in [5, 5.41) is 7.51. The summed E-state index contributed by atoms with van der Waals surface area (Å²) in [4.78, 5) is 22.1. The molecule has 1 amide bonds. The molecule has 1 saturated heterocycles. The number of alkyl halides is 2. The monoisotopic (exact) mass is 417 g/mol. The van der Waals surface area contributed by atoms with Crippen LogP contribution in [0.25, 0.3) is 0 Å². The van der Waals surface area contributed by atoms with Gasteiger partial charge in [0.25, 0.3) is 12.3 Å². The van der Waals surface area contributed by atoms with E-state index >= 15 is 0 Å². The minimum Gasteiger partial charge on any atom is -0.366 e. The van der Waals surface area contributed by atoms with E-state index in [0.29, 0.717) is 49.5 Å². The topological polar surface area (TPSA) is 63.0 Å². The third-order valence-electron chi connectivity index (χ3n) is 5.30. The number of amides is 1. The van der Waals surface area contributed by atoms with Crippen LogP contribution < -0.4 is 0 Å². The predicted octanol–water partition coefficient (Wildman–Crippen LogP) is 3.60. The molecule has 1 N–H and O–H groups in total. The van der Waals surface area contributed by atoms with Crippen LogP contribution >= 0.6 is 0 Å². The first-order chi connectivity index (χ1) is 14.1. The fourth-order valence-corrected chi connectivity index (χ4v) is 3.39. The van der Waals surface area contributed by atoms with Gasteiger partial charge in [0.2, 0.25) is 0 Å². The molecular formula is C22H29F2N5O. The summed E-state index contributed by atoms with van der Waals surface area (Å²) < 4.78 is 24.4. The van der Waals surface area contributed by atoms with Crippen LogP contribution in [-0.4, -0.2) is 72.7 Å². The smallest absolute Gasteiger partial charge is 0.273 e. The first-order valence-electron chi connectivity index (χ1n) is 9.72. The molecule has 2 rings (SSSR count). The molecule has 1 fully saturated rings. The van der Waals surface area contributed by atoms with Crippen molar-refractivity contribution in [1.82, 2.24) is 14.7 Å². The van der Waals surface area contributed by atoms with Crippen LogP contribution in [0.4, 0.5) is 8.78 Å². The largest absolute Gasteiger partial charge is 0.366 e. The minimum absolute atomic E-state index is 0.104. The maximum atomic E-state index is 13.1. The van der Waals surface area contributed by atoms with Crippen LogP contribution in [0.5, 0.6) is 0 Å². The maximum absolute atomic E-state index is 13.1. The number of carbonyl (C=O) groups excluding carboxylic acids is 1. The van der Waals surface area contributed by atoms with E-state index in [0.717, 1.165) is 22.9 Å². The number of hydrogen-bond acceptors (Lipinski definition) is 5. The number of hydrogen-bond donors (Lipinski definition) is 1. The summed E-state index contributed by atoms with van der Waals surface area (Å²) >= 11 is 0. The van der Waals surface area contributed by atoms with Gasteiger partial charge in [0.15, 0.2) is 0 Å². The molecule has 1 aromatic rings. The molecule has 6 nitrogen and oxygen atoms in total. The summed E-state index contributed by atoms with van der Waals surface area (Å²) in [5.74, 6) is 0.502. The Bertz CT molecular complexity index is 871. The van der Waals surface area contributed by atoms with Crippen LogP contribution in [0.2, 0.25) is 0 Å². The molecule has 0 saturated carbocycles. The summed E-state index contributed by atoms with van der Waals surface area (Å²) in [6.07, 6.45) is 0.285. The zero-order valence-electron chi connectivity index (χ0n) is 18.0. The molecule has 162 valence electrons. The van der Waals surface area contributed by atoms with Crippen LogP contribution in [-0.2, 0) is 0 Å². The van der Waals surface area contributed by atoms with Gasteiger partial charge in [-0.15, -0.1) is 0 Å². The lowest BCUT2D eigenvalue weighted by atomic mass is 9.99. The van der Waals surface area contributed by atoms with E-state index in [2.05, 4.69) is 17.6 Å². The number of piperazine rings is 1. The molecular weight excluding hydrogens is 388 g/mol. The molecule has 0 aliphatic carbocycles. The third-order valence-corrected chi connectivity index (χ3v) is 5.30. The molecule has 30 heavy (non-hydrogen) atoms. The normalized spacial score (nSPS) is 15.1. The molecule has 0 radical (unpaired) electrons. The summed E-state index contributed by atoms with van der Waals surface area (Å²) in [7, 11) is 1.72. The number of nitrogens with zero attached hydrogens (tertiary/aromatic N) is 4. The van der Waals surface area contributed by atoms with Gasteiger partial charge < -0.3 is 15.2 Å². The highest BCUT2D eigenvalue weighted by atomic mass is 19.3. The zero-order valence-corrected chi connectivity index (χ0v) is 18.0. The van der Waals surface area contributed by atoms with Crippen LogP contribution in [0, 0.1) is 26.2 Å². The number of halogens is 2. The molecule has 1 aliphatic rings. The number of carbonyl (C=O) groups is 1. The van der Waals surface area contributed by atoms with Crippen molar-refractivity contribution in [2.24, 2.45) is 4.99 Å². The van der Waals surface area contributed by atoms with Gasteiger partial charge in [0.05, 0.1) is 18.1 Å². The quantitative estimate of drug-likeness (QED) is 0.690. The Morgan fingerprint density at radius 1 is 1.20 bits per heavy atom. The van der Waals surface area contributed by atoms with Crippen LogP contribution in [0.1, 0.15) is 27.0 Å². The summed E-state index contributed by atoms with van der Waals surface area (Å²) in [6, 6.07) is 3.95. The Balaban J connectivity index is 2.04. The Morgan fingerprint density at radius 3 is 2.37 bits per heavy atom. The summed E-state index contributed by atoms with van der Waals surface area (Å²) in [5.41, 5.74) is 4.20. The van der Waals surface area contributed by atoms with Gasteiger partial charge in [-0.2, -0.15) is 0 Å². The highest BCUT2D eigenvalue weighted by Gasteiger charge is 2.24. The Labute approximate surface area is 176 Å². The fraction of sp³-hybridized carbons (Fsp3) is 0.409. The van der Waals surface area contributed by atoms with Gasteiger partial charge in [0.1, 0.15) is 5.82 Å². The first-order valence-corrected chi connectivity index (χ1v) is 9.72. The zero-order chi connectivity index (χ0) is 22.4. The average molecular weight is 418 g/mol. The molecule has 1 aliphatic heterocycles. The average Bonchev–Trinajstić information content (AvgIpc) is 2.72. The standard InChI is InChI=1S/C22H29F2N5O/c1-15-10-16(2)17(3)20(11-15)22(30)27(5)18(4)28-6-8-29(9-7-28)19(12-25)13-26-14-21(23)24/h10-14,21,25H,4,6-9H2,1-3,5H3/b19-13+,25-12?,26-14?. The molecule has 0 spiro atoms. The second kappa shape index (κ2) is 10.1. The van der Waals surface area contributed by atoms with Gasteiger partial charge in [-0.05, 0) is 38.0 Å². The number of allylic oxidation sites excluding steroid dienone is 1. The lowest BCUT2D eigenvalue weighted by molar-refractivity contribution is 0.0762. The first kappa shape index (κ1) is 23.3. The van der Waals surface area contributed by atoms with Crippen molar-refractivity contribution in [3.05, 3.63) is 58.7 Å². The molecule has 0 aromatic heterocycles. The van der Waals surface area contributed by atoms with Crippen molar-refractivity contribution in [1.29, 1.82) is 5.41 Å². The number of aliphatic imine (C=N–C) groups is 1. The Morgan fingerprint density at radius 2 is 1.80 bits per heavy atom.